The Morgan fingerprint density at radius 1 is 1.47 bits per heavy atom. The van der Waals surface area contributed by atoms with E-state index in [1.165, 1.54) is 0 Å². The van der Waals surface area contributed by atoms with Gasteiger partial charge in [0.15, 0.2) is 6.29 Å². The van der Waals surface area contributed by atoms with E-state index >= 15 is 0 Å². The molecule has 2 N–H and O–H groups in total. The Kier molecular flexibility index (Phi) is 4.73. The first-order valence-corrected chi connectivity index (χ1v) is 5.77. The fourth-order valence-electron chi connectivity index (χ4n) is 1.23. The van der Waals surface area contributed by atoms with Crippen molar-refractivity contribution in [3.05, 3.63) is 34.3 Å². The van der Waals surface area contributed by atoms with E-state index in [0.29, 0.717) is 11.8 Å². The van der Waals surface area contributed by atoms with Crippen LogP contribution in [-0.2, 0) is 0 Å². The lowest BCUT2D eigenvalue weighted by molar-refractivity contribution is 0.0338. The topological polar surface area (TPSA) is 57.5 Å². The Morgan fingerprint density at radius 3 is 2.67 bits per heavy atom. The van der Waals surface area contributed by atoms with Gasteiger partial charge < -0.3 is 10.2 Å². The first-order valence-electron chi connectivity index (χ1n) is 4.27. The van der Waals surface area contributed by atoms with E-state index in [2.05, 4.69) is 15.9 Å². The van der Waals surface area contributed by atoms with Crippen LogP contribution in [0.5, 0.6) is 0 Å². The van der Waals surface area contributed by atoms with Crippen LogP contribution >= 0.6 is 27.5 Å². The minimum atomic E-state index is -1.12. The molecule has 82 valence electrons. The maximum absolute atomic E-state index is 10.8. The van der Waals surface area contributed by atoms with Crippen molar-refractivity contribution in [2.45, 2.75) is 12.2 Å². The Labute approximate surface area is 101 Å². The zero-order chi connectivity index (χ0) is 11.4. The maximum atomic E-state index is 10.8. The summed E-state index contributed by atoms with van der Waals surface area (Å²) in [6, 6.07) is 4.74. The van der Waals surface area contributed by atoms with Crippen molar-refractivity contribution in [2.24, 2.45) is 0 Å². The van der Waals surface area contributed by atoms with Gasteiger partial charge in [-0.25, -0.2) is 0 Å². The predicted molar refractivity (Wildman–Crippen MR) is 61.6 cm³/mol. The lowest BCUT2D eigenvalue weighted by atomic mass is 10.00. The zero-order valence-corrected chi connectivity index (χ0v) is 10.1. The van der Waals surface area contributed by atoms with Gasteiger partial charge in [0.2, 0.25) is 0 Å². The monoisotopic (exact) mass is 292 g/mol. The number of hydrogen-bond acceptors (Lipinski definition) is 3. The van der Waals surface area contributed by atoms with Crippen LogP contribution in [0.2, 0.25) is 5.02 Å². The van der Waals surface area contributed by atoms with Crippen molar-refractivity contribution in [2.75, 3.05) is 5.33 Å². The molecule has 0 saturated heterocycles. The van der Waals surface area contributed by atoms with E-state index < -0.39 is 12.2 Å². The number of hydrogen-bond donors (Lipinski definition) is 2. The average molecular weight is 294 g/mol. The predicted octanol–water partition coefficient (Wildman–Crippen LogP) is 1.94. The molecule has 2 atom stereocenters. The second-order valence-corrected chi connectivity index (χ2v) is 4.08. The molecular formula is C10H10BrClO3. The van der Waals surface area contributed by atoms with Crippen LogP contribution in [0.15, 0.2) is 18.2 Å². The largest absolute Gasteiger partial charge is 0.389 e. The van der Waals surface area contributed by atoms with E-state index in [0.717, 1.165) is 0 Å². The van der Waals surface area contributed by atoms with E-state index in [4.69, 9.17) is 11.6 Å². The minimum absolute atomic E-state index is 0.215. The molecule has 0 aliphatic carbocycles. The summed E-state index contributed by atoms with van der Waals surface area (Å²) in [5.41, 5.74) is 0.552. The highest BCUT2D eigenvalue weighted by atomic mass is 79.9. The molecule has 15 heavy (non-hydrogen) atoms. The molecule has 1 aromatic carbocycles. The Hall–Kier alpha value is -0.420. The Morgan fingerprint density at radius 2 is 2.13 bits per heavy atom. The third kappa shape index (κ3) is 2.78. The summed E-state index contributed by atoms with van der Waals surface area (Å²) < 4.78 is 0. The standard InChI is InChI=1S/C10H10BrClO3/c11-4-9(14)10(15)6-2-1-3-8(12)7(6)5-13/h1-3,5,9-10,14-15H,4H2. The molecule has 0 aliphatic rings. The SMILES string of the molecule is O=Cc1c(Cl)cccc1C(O)C(O)CBr. The second-order valence-electron chi connectivity index (χ2n) is 3.03. The van der Waals surface area contributed by atoms with Gasteiger partial charge in [-0.05, 0) is 11.6 Å². The lowest BCUT2D eigenvalue weighted by Crippen LogP contribution is -2.20. The quantitative estimate of drug-likeness (QED) is 0.659. The number of halogens is 2. The van der Waals surface area contributed by atoms with E-state index in [1.807, 2.05) is 0 Å². The molecule has 0 saturated carbocycles. The van der Waals surface area contributed by atoms with Gasteiger partial charge in [0.1, 0.15) is 6.10 Å². The molecule has 0 spiro atoms. The molecule has 3 nitrogen and oxygen atoms in total. The van der Waals surface area contributed by atoms with Crippen molar-refractivity contribution >= 4 is 33.8 Å². The average Bonchev–Trinajstić information content (AvgIpc) is 2.26. The summed E-state index contributed by atoms with van der Waals surface area (Å²) in [4.78, 5) is 10.8. The van der Waals surface area contributed by atoms with Gasteiger partial charge in [-0.15, -0.1) is 0 Å². The summed E-state index contributed by atoms with van der Waals surface area (Å²) in [5, 5.41) is 19.7. The van der Waals surface area contributed by atoms with Crippen molar-refractivity contribution in [1.82, 2.24) is 0 Å². The van der Waals surface area contributed by atoms with Crippen LogP contribution < -0.4 is 0 Å². The fourth-order valence-corrected chi connectivity index (χ4v) is 1.81. The number of aliphatic hydroxyl groups excluding tert-OH is 2. The van der Waals surface area contributed by atoms with Crippen molar-refractivity contribution in [3.63, 3.8) is 0 Å². The highest BCUT2D eigenvalue weighted by Gasteiger charge is 2.21. The maximum Gasteiger partial charge on any atom is 0.151 e. The van der Waals surface area contributed by atoms with E-state index in [1.54, 1.807) is 18.2 Å². The van der Waals surface area contributed by atoms with Gasteiger partial charge in [-0.2, -0.15) is 0 Å². The number of carbonyl (C=O) groups excluding carboxylic acids is 1. The van der Waals surface area contributed by atoms with Crippen molar-refractivity contribution < 1.29 is 15.0 Å². The number of carbonyl (C=O) groups is 1. The van der Waals surface area contributed by atoms with Gasteiger partial charge in [0, 0.05) is 10.9 Å². The Balaban J connectivity index is 3.13. The lowest BCUT2D eigenvalue weighted by Gasteiger charge is -2.17. The normalized spacial score (nSPS) is 14.7. The first kappa shape index (κ1) is 12.6. The third-order valence-corrected chi connectivity index (χ3v) is 3.04. The molecular weight excluding hydrogens is 283 g/mol. The van der Waals surface area contributed by atoms with Crippen LogP contribution in [0, 0.1) is 0 Å². The molecule has 1 aromatic rings. The highest BCUT2D eigenvalue weighted by Crippen LogP contribution is 2.26. The highest BCUT2D eigenvalue weighted by molar-refractivity contribution is 9.09. The molecule has 2 unspecified atom stereocenters. The Bertz CT molecular complexity index is 357. The molecule has 0 heterocycles. The van der Waals surface area contributed by atoms with Gasteiger partial charge in [-0.3, -0.25) is 4.79 Å². The number of benzene rings is 1. The van der Waals surface area contributed by atoms with Crippen LogP contribution in [-0.4, -0.2) is 27.9 Å². The number of rotatable bonds is 4. The summed E-state index contributed by atoms with van der Waals surface area (Å²) in [6.07, 6.45) is -1.52. The van der Waals surface area contributed by atoms with Crippen LogP contribution in [0.4, 0.5) is 0 Å². The molecule has 0 amide bonds. The van der Waals surface area contributed by atoms with Crippen molar-refractivity contribution in [1.29, 1.82) is 0 Å². The molecule has 5 heteroatoms. The minimum Gasteiger partial charge on any atom is -0.389 e. The smallest absolute Gasteiger partial charge is 0.151 e. The molecule has 0 aliphatic heterocycles. The van der Waals surface area contributed by atoms with Gasteiger partial charge in [0.05, 0.1) is 11.1 Å². The van der Waals surface area contributed by atoms with Crippen LogP contribution in [0.25, 0.3) is 0 Å². The summed E-state index contributed by atoms with van der Waals surface area (Å²) in [7, 11) is 0. The molecule has 0 aromatic heterocycles. The van der Waals surface area contributed by atoms with E-state index in [9.17, 15) is 15.0 Å². The molecule has 0 radical (unpaired) electrons. The van der Waals surface area contributed by atoms with E-state index in [-0.39, 0.29) is 15.9 Å². The number of alkyl halides is 1. The zero-order valence-electron chi connectivity index (χ0n) is 7.73. The van der Waals surface area contributed by atoms with Gasteiger partial charge in [0.25, 0.3) is 0 Å². The fraction of sp³-hybridized carbons (Fsp3) is 0.300. The first-order chi connectivity index (χ1) is 7.11. The second kappa shape index (κ2) is 5.61. The van der Waals surface area contributed by atoms with Crippen molar-refractivity contribution in [3.8, 4) is 0 Å². The molecule has 1 rings (SSSR count). The van der Waals surface area contributed by atoms with Gasteiger partial charge >= 0.3 is 0 Å². The van der Waals surface area contributed by atoms with Crippen LogP contribution in [0.3, 0.4) is 0 Å². The summed E-state index contributed by atoms with van der Waals surface area (Å²) in [6.45, 7) is 0. The number of aldehydes is 1. The van der Waals surface area contributed by atoms with Gasteiger partial charge in [-0.1, -0.05) is 39.7 Å². The molecule has 0 bridgehead atoms. The third-order valence-electron chi connectivity index (χ3n) is 2.05. The summed E-state index contributed by atoms with van der Waals surface area (Å²) in [5.74, 6) is 0. The number of aliphatic hydroxyl groups is 2. The van der Waals surface area contributed by atoms with Crippen LogP contribution in [0.1, 0.15) is 22.0 Å². The molecule has 0 fully saturated rings. The summed E-state index contributed by atoms with van der Waals surface area (Å²) >= 11 is 8.83.